The highest BCUT2D eigenvalue weighted by Crippen LogP contribution is 2.43. The summed E-state index contributed by atoms with van der Waals surface area (Å²) in [6.07, 6.45) is 0.906. The maximum Gasteiger partial charge on any atom is 0.347 e. The van der Waals surface area contributed by atoms with Crippen LogP contribution in [0.2, 0.25) is 0 Å². The second kappa shape index (κ2) is 6.23. The number of esters is 1. The number of hydrogen-bond donors (Lipinski definition) is 2. The monoisotopic (exact) mass is 311 g/mol. The van der Waals surface area contributed by atoms with Gasteiger partial charge in [-0.3, -0.25) is 0 Å². The molecule has 0 aliphatic carbocycles. The van der Waals surface area contributed by atoms with Crippen molar-refractivity contribution in [2.45, 2.75) is 66.8 Å². The molecule has 0 fully saturated rings. The van der Waals surface area contributed by atoms with E-state index < -0.39 is 11.4 Å². The van der Waals surface area contributed by atoms with Crippen molar-refractivity contribution in [2.24, 2.45) is 5.41 Å². The number of rotatable bonds is 5. The number of aromatic hydroxyl groups is 2. The van der Waals surface area contributed by atoms with E-state index in [-0.39, 0.29) is 29.2 Å². The lowest BCUT2D eigenvalue weighted by atomic mass is 9.88. The molecule has 0 atom stereocenters. The minimum atomic E-state index is -0.698. The third-order valence-corrected chi connectivity index (χ3v) is 3.94. The van der Waals surface area contributed by atoms with Crippen LogP contribution in [0, 0.1) is 5.41 Å². The molecule has 1 aromatic rings. The summed E-state index contributed by atoms with van der Waals surface area (Å²) in [5, 5.41) is 21.0. The van der Waals surface area contributed by atoms with Gasteiger partial charge in [0.25, 0.3) is 0 Å². The van der Waals surface area contributed by atoms with Crippen LogP contribution in [0.4, 0.5) is 0 Å². The highest BCUT2D eigenvalue weighted by Gasteiger charge is 2.35. The molecule has 0 bridgehead atoms. The van der Waals surface area contributed by atoms with Gasteiger partial charge in [-0.2, -0.15) is 0 Å². The molecule has 1 rings (SSSR count). The molecule has 22 heavy (non-hydrogen) atoms. The molecule has 0 aliphatic rings. The van der Waals surface area contributed by atoms with E-state index >= 15 is 0 Å². The van der Waals surface area contributed by atoms with Crippen LogP contribution in [0.3, 0.4) is 0 Å². The molecule has 5 nitrogen and oxygen atoms in total. The molecule has 0 aliphatic heterocycles. The van der Waals surface area contributed by atoms with Gasteiger partial charge >= 0.3 is 5.97 Å². The second-order valence-corrected chi connectivity index (χ2v) is 7.47. The van der Waals surface area contributed by atoms with E-state index in [0.29, 0.717) is 12.2 Å². The quantitative estimate of drug-likeness (QED) is 0.811. The van der Waals surface area contributed by atoms with E-state index in [1.165, 1.54) is 0 Å². The predicted octanol–water partition coefficient (Wildman–Crippen LogP) is 3.81. The maximum absolute atomic E-state index is 12.1. The summed E-state index contributed by atoms with van der Waals surface area (Å²) >= 11 is 0. The molecular formula is C17H29NO4. The maximum atomic E-state index is 12.1. The van der Waals surface area contributed by atoms with Crippen LogP contribution in [-0.4, -0.2) is 27.4 Å². The van der Waals surface area contributed by atoms with Gasteiger partial charge in [0, 0.05) is 12.0 Å². The third-order valence-electron chi connectivity index (χ3n) is 3.94. The van der Waals surface area contributed by atoms with Gasteiger partial charge in [-0.1, -0.05) is 41.5 Å². The molecule has 1 aromatic heterocycles. The summed E-state index contributed by atoms with van der Waals surface area (Å²) in [7, 11) is 0. The van der Waals surface area contributed by atoms with Gasteiger partial charge in [0.05, 0.1) is 12.3 Å². The van der Waals surface area contributed by atoms with Crippen LogP contribution in [-0.2, 0) is 16.7 Å². The van der Waals surface area contributed by atoms with E-state index in [1.54, 1.807) is 11.5 Å². The summed E-state index contributed by atoms with van der Waals surface area (Å²) in [6.45, 7) is 14.4. The average molecular weight is 311 g/mol. The molecule has 1 heterocycles. The van der Waals surface area contributed by atoms with Crippen molar-refractivity contribution in [3.63, 3.8) is 0 Å². The van der Waals surface area contributed by atoms with Gasteiger partial charge in [-0.05, 0) is 18.8 Å². The fourth-order valence-corrected chi connectivity index (χ4v) is 2.44. The Morgan fingerprint density at radius 1 is 1.14 bits per heavy atom. The second-order valence-electron chi connectivity index (χ2n) is 7.47. The first-order valence-electron chi connectivity index (χ1n) is 7.78. The van der Waals surface area contributed by atoms with Gasteiger partial charge in [-0.25, -0.2) is 4.79 Å². The fraction of sp³-hybridized carbons (Fsp3) is 0.706. The lowest BCUT2D eigenvalue weighted by Crippen LogP contribution is -2.24. The van der Waals surface area contributed by atoms with E-state index in [4.69, 9.17) is 4.74 Å². The van der Waals surface area contributed by atoms with Crippen molar-refractivity contribution < 1.29 is 19.7 Å². The number of carbonyl (C=O) groups excluding carboxylic acids is 1. The summed E-state index contributed by atoms with van der Waals surface area (Å²) < 4.78 is 6.60. The summed E-state index contributed by atoms with van der Waals surface area (Å²) in [5.41, 5.74) is -0.0846. The first-order valence-corrected chi connectivity index (χ1v) is 7.78. The van der Waals surface area contributed by atoms with Gasteiger partial charge in [-0.15, -0.1) is 0 Å². The number of carbonyl (C=O) groups is 1. The standard InChI is InChI=1S/C17H29NO4/c1-8-17(6,7)10-18-13(16(3,4)5)12(19)11(14(18)20)15(21)22-9-2/h19-20H,8-10H2,1-7H3. The van der Waals surface area contributed by atoms with Crippen LogP contribution in [0.1, 0.15) is 70.9 Å². The van der Waals surface area contributed by atoms with Crippen LogP contribution in [0.5, 0.6) is 11.6 Å². The Morgan fingerprint density at radius 2 is 1.68 bits per heavy atom. The largest absolute Gasteiger partial charge is 0.505 e. The van der Waals surface area contributed by atoms with Gasteiger partial charge in [0.15, 0.2) is 11.3 Å². The molecule has 0 spiro atoms. The number of aromatic nitrogens is 1. The molecule has 0 unspecified atom stereocenters. The molecule has 0 aromatic carbocycles. The normalized spacial score (nSPS) is 12.5. The summed E-state index contributed by atoms with van der Waals surface area (Å²) in [4.78, 5) is 12.1. The Kier molecular flexibility index (Phi) is 5.21. The Bertz CT molecular complexity index is 550. The van der Waals surface area contributed by atoms with Crippen molar-refractivity contribution in [3.8, 4) is 11.6 Å². The zero-order valence-electron chi connectivity index (χ0n) is 14.8. The summed E-state index contributed by atoms with van der Waals surface area (Å²) in [6, 6.07) is 0. The topological polar surface area (TPSA) is 71.7 Å². The number of ether oxygens (including phenoxy) is 1. The van der Waals surface area contributed by atoms with Crippen LogP contribution >= 0.6 is 0 Å². The Hall–Kier alpha value is -1.65. The van der Waals surface area contributed by atoms with Crippen LogP contribution < -0.4 is 0 Å². The minimum Gasteiger partial charge on any atom is -0.505 e. The van der Waals surface area contributed by atoms with E-state index in [0.717, 1.165) is 6.42 Å². The molecular weight excluding hydrogens is 282 g/mol. The highest BCUT2D eigenvalue weighted by molar-refractivity contribution is 5.96. The van der Waals surface area contributed by atoms with E-state index in [1.807, 2.05) is 20.8 Å². The molecule has 0 amide bonds. The molecule has 0 saturated heterocycles. The van der Waals surface area contributed by atoms with Crippen molar-refractivity contribution in [2.75, 3.05) is 6.61 Å². The lowest BCUT2D eigenvalue weighted by molar-refractivity contribution is 0.0519. The van der Waals surface area contributed by atoms with Gasteiger partial charge < -0.3 is 19.5 Å². The molecule has 126 valence electrons. The zero-order chi connectivity index (χ0) is 17.3. The SMILES string of the molecule is CCOC(=O)c1c(O)c(C(C)(C)C)n(CC(C)(C)CC)c1O. The number of hydrogen-bond acceptors (Lipinski definition) is 4. The molecule has 0 radical (unpaired) electrons. The van der Waals surface area contributed by atoms with Gasteiger partial charge in [0.2, 0.25) is 5.88 Å². The zero-order valence-corrected chi connectivity index (χ0v) is 14.8. The predicted molar refractivity (Wildman–Crippen MR) is 86.5 cm³/mol. The van der Waals surface area contributed by atoms with Crippen molar-refractivity contribution in [3.05, 3.63) is 11.3 Å². The summed E-state index contributed by atoms with van der Waals surface area (Å²) in [5.74, 6) is -1.10. The van der Waals surface area contributed by atoms with Crippen molar-refractivity contribution >= 4 is 5.97 Å². The van der Waals surface area contributed by atoms with Crippen LogP contribution in [0.15, 0.2) is 0 Å². The Balaban J connectivity index is 3.54. The van der Waals surface area contributed by atoms with E-state index in [9.17, 15) is 15.0 Å². The van der Waals surface area contributed by atoms with Crippen LogP contribution in [0.25, 0.3) is 0 Å². The highest BCUT2D eigenvalue weighted by atomic mass is 16.5. The lowest BCUT2D eigenvalue weighted by Gasteiger charge is -2.28. The smallest absolute Gasteiger partial charge is 0.347 e. The Labute approximate surface area is 132 Å². The third kappa shape index (κ3) is 3.57. The Morgan fingerprint density at radius 3 is 2.09 bits per heavy atom. The average Bonchev–Trinajstić information content (AvgIpc) is 2.60. The van der Waals surface area contributed by atoms with Crippen molar-refractivity contribution in [1.82, 2.24) is 4.57 Å². The first-order chi connectivity index (χ1) is 9.96. The van der Waals surface area contributed by atoms with E-state index in [2.05, 4.69) is 20.8 Å². The van der Waals surface area contributed by atoms with Crippen molar-refractivity contribution in [1.29, 1.82) is 0 Å². The molecule has 5 heteroatoms. The van der Waals surface area contributed by atoms with Gasteiger partial charge in [0.1, 0.15) is 0 Å². The number of nitrogens with zero attached hydrogens (tertiary/aromatic N) is 1. The molecule has 0 saturated carbocycles. The fourth-order valence-electron chi connectivity index (χ4n) is 2.44. The minimum absolute atomic E-state index is 0.0745. The first kappa shape index (κ1) is 18.4. The molecule has 2 N–H and O–H groups in total.